The van der Waals surface area contributed by atoms with Crippen LogP contribution in [0.1, 0.15) is 11.1 Å². The van der Waals surface area contributed by atoms with Gasteiger partial charge < -0.3 is 5.21 Å². The first-order chi connectivity index (χ1) is 11.4. The van der Waals surface area contributed by atoms with Gasteiger partial charge in [0, 0.05) is 11.1 Å². The molecule has 0 aliphatic heterocycles. The zero-order chi connectivity index (χ0) is 15.4. The minimum Gasteiger partial charge on any atom is -0.410 e. The second-order valence-corrected chi connectivity index (χ2v) is 5.87. The zero-order valence-electron chi connectivity index (χ0n) is 12.3. The van der Waals surface area contributed by atoms with Crippen molar-refractivity contribution in [2.75, 3.05) is 0 Å². The van der Waals surface area contributed by atoms with Crippen LogP contribution in [-0.4, -0.2) is 10.9 Å². The Morgan fingerprint density at radius 2 is 1.04 bits per heavy atom. The highest BCUT2D eigenvalue weighted by Crippen LogP contribution is 2.43. The first-order valence-electron chi connectivity index (χ1n) is 7.65. The van der Waals surface area contributed by atoms with Crippen LogP contribution in [0.3, 0.4) is 0 Å². The van der Waals surface area contributed by atoms with E-state index in [1.165, 1.54) is 0 Å². The molecule has 4 aromatic carbocycles. The number of nitrogens with zero attached hydrogens (tertiary/aromatic N) is 1. The number of hydrogen-bond donors (Lipinski definition) is 1. The smallest absolute Gasteiger partial charge is 0.119 e. The molecule has 0 radical (unpaired) electrons. The molecule has 0 saturated heterocycles. The second kappa shape index (κ2) is 4.43. The van der Waals surface area contributed by atoms with Gasteiger partial charge in [-0.1, -0.05) is 78.0 Å². The summed E-state index contributed by atoms with van der Waals surface area (Å²) in [6, 6.07) is 25.0. The molecule has 0 fully saturated rings. The SMILES string of the molecule is ON=C1c2c(ccc3ccccc23)-c2ccc3ccccc3c21. The van der Waals surface area contributed by atoms with Crippen LogP contribution in [0.4, 0.5) is 0 Å². The van der Waals surface area contributed by atoms with Gasteiger partial charge in [0.2, 0.25) is 0 Å². The van der Waals surface area contributed by atoms with E-state index in [9.17, 15) is 5.21 Å². The number of oxime groups is 1. The van der Waals surface area contributed by atoms with Crippen LogP contribution >= 0.6 is 0 Å². The van der Waals surface area contributed by atoms with Gasteiger partial charge in [-0.3, -0.25) is 0 Å². The number of hydrogen-bond acceptors (Lipinski definition) is 2. The maximum absolute atomic E-state index is 9.77. The highest BCUT2D eigenvalue weighted by Gasteiger charge is 2.28. The highest BCUT2D eigenvalue weighted by molar-refractivity contribution is 6.33. The monoisotopic (exact) mass is 295 g/mol. The summed E-state index contributed by atoms with van der Waals surface area (Å²) in [5, 5.41) is 18.0. The van der Waals surface area contributed by atoms with E-state index in [4.69, 9.17) is 0 Å². The van der Waals surface area contributed by atoms with Gasteiger partial charge in [-0.25, -0.2) is 0 Å². The van der Waals surface area contributed by atoms with Crippen LogP contribution in [0.5, 0.6) is 0 Å². The lowest BCUT2D eigenvalue weighted by Gasteiger charge is -2.05. The largest absolute Gasteiger partial charge is 0.410 e. The Bertz CT molecular complexity index is 1040. The van der Waals surface area contributed by atoms with Gasteiger partial charge in [0.1, 0.15) is 5.71 Å². The lowest BCUT2D eigenvalue weighted by molar-refractivity contribution is 0.320. The molecule has 0 saturated carbocycles. The van der Waals surface area contributed by atoms with Crippen molar-refractivity contribution < 1.29 is 5.21 Å². The van der Waals surface area contributed by atoms with E-state index in [-0.39, 0.29) is 0 Å². The van der Waals surface area contributed by atoms with E-state index in [0.717, 1.165) is 43.8 Å². The molecule has 2 heteroatoms. The van der Waals surface area contributed by atoms with Crippen LogP contribution in [0.15, 0.2) is 78.0 Å². The van der Waals surface area contributed by atoms with Gasteiger partial charge in [0.15, 0.2) is 0 Å². The summed E-state index contributed by atoms with van der Waals surface area (Å²) < 4.78 is 0. The molecule has 4 aromatic rings. The van der Waals surface area contributed by atoms with Crippen molar-refractivity contribution in [1.29, 1.82) is 0 Å². The lowest BCUT2D eigenvalue weighted by atomic mass is 9.99. The summed E-state index contributed by atoms with van der Waals surface area (Å²) in [4.78, 5) is 0. The van der Waals surface area contributed by atoms with E-state index in [1.54, 1.807) is 0 Å². The van der Waals surface area contributed by atoms with Gasteiger partial charge in [0.05, 0.1) is 0 Å². The second-order valence-electron chi connectivity index (χ2n) is 5.87. The topological polar surface area (TPSA) is 32.6 Å². The minimum absolute atomic E-state index is 0.670. The fourth-order valence-corrected chi connectivity index (χ4v) is 3.73. The summed E-state index contributed by atoms with van der Waals surface area (Å²) in [6.45, 7) is 0. The standard InChI is InChI=1S/C21H13NO/c23-22-21-19-15-7-3-1-5-13(15)9-11-17(19)18-12-10-14-6-2-4-8-16(14)20(18)21/h1-12,23H. The molecular weight excluding hydrogens is 282 g/mol. The van der Waals surface area contributed by atoms with Gasteiger partial charge in [-0.15, -0.1) is 0 Å². The molecule has 5 rings (SSSR count). The summed E-state index contributed by atoms with van der Waals surface area (Å²) in [6.07, 6.45) is 0. The van der Waals surface area contributed by atoms with Crippen LogP contribution in [-0.2, 0) is 0 Å². The Hall–Kier alpha value is -3.13. The molecule has 1 aliphatic carbocycles. The summed E-state index contributed by atoms with van der Waals surface area (Å²) in [5.41, 5.74) is 4.99. The molecule has 0 heterocycles. The fraction of sp³-hybridized carbons (Fsp3) is 0. The quantitative estimate of drug-likeness (QED) is 0.309. The molecule has 23 heavy (non-hydrogen) atoms. The maximum Gasteiger partial charge on any atom is 0.119 e. The Kier molecular flexibility index (Phi) is 2.39. The van der Waals surface area contributed by atoms with Gasteiger partial charge in [0.25, 0.3) is 0 Å². The van der Waals surface area contributed by atoms with Crippen LogP contribution < -0.4 is 0 Å². The van der Waals surface area contributed by atoms with Crippen LogP contribution in [0.2, 0.25) is 0 Å². The third kappa shape index (κ3) is 1.55. The normalized spacial score (nSPS) is 12.4. The Morgan fingerprint density at radius 1 is 0.565 bits per heavy atom. The fourth-order valence-electron chi connectivity index (χ4n) is 3.73. The molecule has 0 unspecified atom stereocenters. The van der Waals surface area contributed by atoms with E-state index in [1.807, 2.05) is 24.3 Å². The average molecular weight is 295 g/mol. The predicted molar refractivity (Wildman–Crippen MR) is 94.3 cm³/mol. The zero-order valence-corrected chi connectivity index (χ0v) is 12.3. The van der Waals surface area contributed by atoms with E-state index < -0.39 is 0 Å². The van der Waals surface area contributed by atoms with Gasteiger partial charge >= 0.3 is 0 Å². The molecule has 2 nitrogen and oxygen atoms in total. The van der Waals surface area contributed by atoms with Crippen molar-refractivity contribution in [2.45, 2.75) is 0 Å². The Labute approximate surface area is 133 Å². The third-order valence-electron chi connectivity index (χ3n) is 4.72. The maximum atomic E-state index is 9.77. The molecule has 1 aliphatic rings. The summed E-state index contributed by atoms with van der Waals surface area (Å²) >= 11 is 0. The van der Waals surface area contributed by atoms with Crippen LogP contribution in [0.25, 0.3) is 32.7 Å². The molecule has 0 amide bonds. The highest BCUT2D eigenvalue weighted by atomic mass is 16.4. The predicted octanol–water partition coefficient (Wildman–Crippen LogP) is 5.20. The van der Waals surface area contributed by atoms with Crippen molar-refractivity contribution in [2.24, 2.45) is 5.16 Å². The van der Waals surface area contributed by atoms with E-state index in [2.05, 4.69) is 53.7 Å². The Morgan fingerprint density at radius 3 is 1.52 bits per heavy atom. The number of fused-ring (bicyclic) bond motifs is 7. The lowest BCUT2D eigenvalue weighted by Crippen LogP contribution is -2.00. The summed E-state index contributed by atoms with van der Waals surface area (Å²) in [7, 11) is 0. The molecule has 1 N–H and O–H groups in total. The average Bonchev–Trinajstić information content (AvgIpc) is 2.96. The van der Waals surface area contributed by atoms with Crippen molar-refractivity contribution in [3.8, 4) is 11.1 Å². The summed E-state index contributed by atoms with van der Waals surface area (Å²) in [5.74, 6) is 0. The van der Waals surface area contributed by atoms with Gasteiger partial charge in [-0.2, -0.15) is 0 Å². The molecule has 0 bridgehead atoms. The van der Waals surface area contributed by atoms with Crippen molar-refractivity contribution >= 4 is 27.3 Å². The van der Waals surface area contributed by atoms with Crippen LogP contribution in [0, 0.1) is 0 Å². The minimum atomic E-state index is 0.670. The molecule has 0 spiro atoms. The Balaban J connectivity index is 1.98. The molecule has 0 atom stereocenters. The van der Waals surface area contributed by atoms with Crippen molar-refractivity contribution in [3.05, 3.63) is 83.9 Å². The van der Waals surface area contributed by atoms with Crippen molar-refractivity contribution in [3.63, 3.8) is 0 Å². The van der Waals surface area contributed by atoms with E-state index in [0.29, 0.717) is 5.71 Å². The first kappa shape index (κ1) is 12.4. The van der Waals surface area contributed by atoms with Gasteiger partial charge in [-0.05, 0) is 32.7 Å². The van der Waals surface area contributed by atoms with E-state index >= 15 is 0 Å². The molecular formula is C21H13NO. The molecule has 108 valence electrons. The number of rotatable bonds is 0. The molecule has 0 aromatic heterocycles. The third-order valence-corrected chi connectivity index (χ3v) is 4.72. The first-order valence-corrected chi connectivity index (χ1v) is 7.65. The number of benzene rings is 4. The van der Waals surface area contributed by atoms with Crippen molar-refractivity contribution in [1.82, 2.24) is 0 Å².